The molecule has 0 spiro atoms. The molecule has 1 saturated heterocycles. The van der Waals surface area contributed by atoms with E-state index in [9.17, 15) is 9.90 Å². The van der Waals surface area contributed by atoms with E-state index in [2.05, 4.69) is 4.90 Å². The SMILES string of the molecule is C[C@@H](O)c1ccccc1N1CCCN(C)C(=O)C1. The molecule has 0 radical (unpaired) electrons. The first-order valence-corrected chi connectivity index (χ1v) is 6.35. The monoisotopic (exact) mass is 248 g/mol. The summed E-state index contributed by atoms with van der Waals surface area (Å²) in [5.74, 6) is 0.132. The van der Waals surface area contributed by atoms with Crippen molar-refractivity contribution >= 4 is 11.6 Å². The lowest BCUT2D eigenvalue weighted by atomic mass is 10.1. The molecule has 0 aliphatic carbocycles. The fourth-order valence-electron chi connectivity index (χ4n) is 2.32. The van der Waals surface area contributed by atoms with Crippen LogP contribution in [0.3, 0.4) is 0 Å². The minimum atomic E-state index is -0.516. The third-order valence-corrected chi connectivity index (χ3v) is 3.40. The van der Waals surface area contributed by atoms with Gasteiger partial charge in [-0.2, -0.15) is 0 Å². The van der Waals surface area contributed by atoms with Crippen molar-refractivity contribution in [2.24, 2.45) is 0 Å². The second-order valence-electron chi connectivity index (χ2n) is 4.83. The van der Waals surface area contributed by atoms with Gasteiger partial charge in [0.2, 0.25) is 5.91 Å². The maximum atomic E-state index is 11.9. The van der Waals surface area contributed by atoms with E-state index in [4.69, 9.17) is 0 Å². The van der Waals surface area contributed by atoms with E-state index in [0.29, 0.717) is 6.54 Å². The van der Waals surface area contributed by atoms with Crippen LogP contribution in [0.1, 0.15) is 25.0 Å². The third kappa shape index (κ3) is 2.64. The molecule has 1 fully saturated rings. The molecule has 1 aromatic carbocycles. The second-order valence-corrected chi connectivity index (χ2v) is 4.83. The lowest BCUT2D eigenvalue weighted by molar-refractivity contribution is -0.127. The summed E-state index contributed by atoms with van der Waals surface area (Å²) < 4.78 is 0. The number of rotatable bonds is 2. The highest BCUT2D eigenvalue weighted by atomic mass is 16.3. The van der Waals surface area contributed by atoms with Gasteiger partial charge in [-0.05, 0) is 19.4 Å². The summed E-state index contributed by atoms with van der Waals surface area (Å²) in [5.41, 5.74) is 1.85. The third-order valence-electron chi connectivity index (χ3n) is 3.40. The minimum absolute atomic E-state index is 0.132. The number of aliphatic hydroxyl groups is 1. The summed E-state index contributed by atoms with van der Waals surface area (Å²) in [5, 5.41) is 9.80. The summed E-state index contributed by atoms with van der Waals surface area (Å²) in [6.45, 7) is 3.79. The molecule has 98 valence electrons. The number of anilines is 1. The van der Waals surface area contributed by atoms with Gasteiger partial charge in [0.15, 0.2) is 0 Å². The maximum absolute atomic E-state index is 11.9. The number of hydrogen-bond acceptors (Lipinski definition) is 3. The molecule has 0 unspecified atom stereocenters. The van der Waals surface area contributed by atoms with Gasteiger partial charge < -0.3 is 14.9 Å². The summed E-state index contributed by atoms with van der Waals surface area (Å²) in [6, 6.07) is 7.75. The van der Waals surface area contributed by atoms with Crippen molar-refractivity contribution < 1.29 is 9.90 Å². The van der Waals surface area contributed by atoms with Crippen molar-refractivity contribution in [2.45, 2.75) is 19.4 Å². The van der Waals surface area contributed by atoms with Crippen LogP contribution in [-0.2, 0) is 4.79 Å². The largest absolute Gasteiger partial charge is 0.389 e. The van der Waals surface area contributed by atoms with E-state index in [1.54, 1.807) is 11.8 Å². The van der Waals surface area contributed by atoms with Crippen LogP contribution in [0.25, 0.3) is 0 Å². The van der Waals surface area contributed by atoms with Crippen LogP contribution in [0.4, 0.5) is 5.69 Å². The molecule has 4 heteroatoms. The molecule has 1 aliphatic rings. The van der Waals surface area contributed by atoms with Crippen LogP contribution >= 0.6 is 0 Å². The predicted molar refractivity (Wildman–Crippen MR) is 71.5 cm³/mol. The quantitative estimate of drug-likeness (QED) is 0.860. The number of hydrogen-bond donors (Lipinski definition) is 1. The topological polar surface area (TPSA) is 43.8 Å². The van der Waals surface area contributed by atoms with E-state index < -0.39 is 6.10 Å². The minimum Gasteiger partial charge on any atom is -0.389 e. The van der Waals surface area contributed by atoms with E-state index in [1.807, 2.05) is 31.3 Å². The standard InChI is InChI=1S/C14H20N2O2/c1-11(17)12-6-3-4-7-13(12)16-9-5-8-15(2)14(18)10-16/h3-4,6-7,11,17H,5,8-10H2,1-2H3/t11-/m1/s1. The maximum Gasteiger partial charge on any atom is 0.241 e. The summed E-state index contributed by atoms with van der Waals surface area (Å²) >= 11 is 0. The first-order valence-electron chi connectivity index (χ1n) is 6.35. The zero-order chi connectivity index (χ0) is 13.1. The predicted octanol–water partition coefficient (Wildman–Crippen LogP) is 1.41. The molecule has 1 atom stereocenters. The summed E-state index contributed by atoms with van der Waals surface area (Å²) in [6.07, 6.45) is 0.438. The fourth-order valence-corrected chi connectivity index (χ4v) is 2.32. The number of likely N-dealkylation sites (N-methyl/N-ethyl adjacent to an activating group) is 1. The Hall–Kier alpha value is -1.55. The molecule has 18 heavy (non-hydrogen) atoms. The first-order chi connectivity index (χ1) is 8.59. The molecule has 2 rings (SSSR count). The Balaban J connectivity index is 2.28. The Morgan fingerprint density at radius 3 is 2.72 bits per heavy atom. The number of para-hydroxylation sites is 1. The highest BCUT2D eigenvalue weighted by Gasteiger charge is 2.21. The number of aliphatic hydroxyl groups excluding tert-OH is 1. The smallest absolute Gasteiger partial charge is 0.241 e. The molecule has 0 saturated carbocycles. The van der Waals surface area contributed by atoms with Crippen LogP contribution in [0, 0.1) is 0 Å². The summed E-state index contributed by atoms with van der Waals surface area (Å²) in [4.78, 5) is 15.7. The number of carbonyl (C=O) groups is 1. The van der Waals surface area contributed by atoms with Gasteiger partial charge in [-0.15, -0.1) is 0 Å². The van der Waals surface area contributed by atoms with E-state index in [-0.39, 0.29) is 5.91 Å². The van der Waals surface area contributed by atoms with Crippen LogP contribution in [-0.4, -0.2) is 42.6 Å². The average molecular weight is 248 g/mol. The summed E-state index contributed by atoms with van der Waals surface area (Å²) in [7, 11) is 1.84. The number of nitrogens with zero attached hydrogens (tertiary/aromatic N) is 2. The Kier molecular flexibility index (Phi) is 3.87. The van der Waals surface area contributed by atoms with Crippen molar-refractivity contribution in [1.82, 2.24) is 4.90 Å². The lowest BCUT2D eigenvalue weighted by Gasteiger charge is -2.25. The van der Waals surface area contributed by atoms with Gasteiger partial charge in [-0.3, -0.25) is 4.79 Å². The Morgan fingerprint density at radius 2 is 2.00 bits per heavy atom. The first kappa shape index (κ1) is 12.9. The van der Waals surface area contributed by atoms with Crippen LogP contribution in [0.15, 0.2) is 24.3 Å². The Bertz CT molecular complexity index is 432. The number of amides is 1. The van der Waals surface area contributed by atoms with Crippen molar-refractivity contribution in [2.75, 3.05) is 31.6 Å². The van der Waals surface area contributed by atoms with Crippen LogP contribution < -0.4 is 4.90 Å². The highest BCUT2D eigenvalue weighted by molar-refractivity contribution is 5.82. The van der Waals surface area contributed by atoms with Crippen molar-refractivity contribution in [3.63, 3.8) is 0 Å². The number of carbonyl (C=O) groups excluding carboxylic acids is 1. The lowest BCUT2D eigenvalue weighted by Crippen LogP contribution is -2.34. The van der Waals surface area contributed by atoms with Gasteiger partial charge in [0.1, 0.15) is 0 Å². The van der Waals surface area contributed by atoms with Gasteiger partial charge >= 0.3 is 0 Å². The Labute approximate surface area is 108 Å². The van der Waals surface area contributed by atoms with Crippen LogP contribution in [0.5, 0.6) is 0 Å². The zero-order valence-corrected chi connectivity index (χ0v) is 11.0. The molecule has 1 aliphatic heterocycles. The van der Waals surface area contributed by atoms with Gasteiger partial charge in [0, 0.05) is 31.4 Å². The van der Waals surface area contributed by atoms with E-state index in [0.717, 1.165) is 30.8 Å². The molecule has 1 N–H and O–H groups in total. The van der Waals surface area contributed by atoms with Crippen molar-refractivity contribution in [3.05, 3.63) is 29.8 Å². The molecular weight excluding hydrogens is 228 g/mol. The Morgan fingerprint density at radius 1 is 1.28 bits per heavy atom. The molecule has 1 amide bonds. The van der Waals surface area contributed by atoms with Gasteiger partial charge in [-0.1, -0.05) is 18.2 Å². The van der Waals surface area contributed by atoms with E-state index in [1.165, 1.54) is 0 Å². The number of benzene rings is 1. The average Bonchev–Trinajstić information content (AvgIpc) is 2.52. The second kappa shape index (κ2) is 5.40. The molecule has 1 aromatic rings. The zero-order valence-electron chi connectivity index (χ0n) is 11.0. The molecular formula is C14H20N2O2. The van der Waals surface area contributed by atoms with Crippen LogP contribution in [0.2, 0.25) is 0 Å². The van der Waals surface area contributed by atoms with Gasteiger partial charge in [0.25, 0.3) is 0 Å². The molecule has 0 bridgehead atoms. The molecule has 1 heterocycles. The molecule has 0 aromatic heterocycles. The van der Waals surface area contributed by atoms with Crippen molar-refractivity contribution in [1.29, 1.82) is 0 Å². The van der Waals surface area contributed by atoms with Gasteiger partial charge in [-0.25, -0.2) is 0 Å². The highest BCUT2D eigenvalue weighted by Crippen LogP contribution is 2.26. The molecule has 4 nitrogen and oxygen atoms in total. The van der Waals surface area contributed by atoms with Crippen molar-refractivity contribution in [3.8, 4) is 0 Å². The normalized spacial score (nSPS) is 18.7. The van der Waals surface area contributed by atoms with Gasteiger partial charge in [0.05, 0.1) is 12.6 Å². The fraction of sp³-hybridized carbons (Fsp3) is 0.500. The van der Waals surface area contributed by atoms with E-state index >= 15 is 0 Å².